The molecule has 0 spiro atoms. The Labute approximate surface area is 195 Å². The molecule has 1 saturated heterocycles. The second kappa shape index (κ2) is 9.33. The maximum absolute atomic E-state index is 13.4. The van der Waals surface area contributed by atoms with Crippen molar-refractivity contribution >= 4 is 27.2 Å². The fourth-order valence-electron chi connectivity index (χ4n) is 4.07. The first kappa shape index (κ1) is 21.6. The lowest BCUT2D eigenvalue weighted by molar-refractivity contribution is 0.104. The van der Waals surface area contributed by atoms with Gasteiger partial charge in [-0.05, 0) is 86.1 Å². The average molecular weight is 462 g/mol. The van der Waals surface area contributed by atoms with Crippen molar-refractivity contribution in [3.05, 3.63) is 83.0 Å². The molecule has 0 bridgehead atoms. The zero-order valence-corrected chi connectivity index (χ0v) is 18.9. The molecule has 1 aliphatic rings. The normalized spacial score (nSPS) is 13.7. The number of rotatable bonds is 8. The van der Waals surface area contributed by atoms with Gasteiger partial charge in [-0.25, -0.2) is 4.39 Å². The Kier molecular flexibility index (Phi) is 6.11. The van der Waals surface area contributed by atoms with Crippen LogP contribution in [0.3, 0.4) is 0 Å². The van der Waals surface area contributed by atoms with Gasteiger partial charge < -0.3 is 14.7 Å². The van der Waals surface area contributed by atoms with Gasteiger partial charge in [-0.2, -0.15) is 0 Å². The number of halogens is 1. The van der Waals surface area contributed by atoms with Crippen LogP contribution in [0.5, 0.6) is 11.5 Å². The van der Waals surface area contributed by atoms with E-state index in [-0.39, 0.29) is 17.3 Å². The molecule has 4 nitrogen and oxygen atoms in total. The van der Waals surface area contributed by atoms with Crippen LogP contribution in [0.2, 0.25) is 0 Å². The van der Waals surface area contributed by atoms with Crippen molar-refractivity contribution in [2.24, 2.45) is 0 Å². The van der Waals surface area contributed by atoms with Gasteiger partial charge in [0.05, 0.1) is 11.5 Å². The SMILES string of the molecule is O=C(c1ccc(F)cc1)c1sc2cc(O)ccc2c1-c1ccc(OCCCN2CCC2)cc1. The number of phenolic OH excluding ortho intramolecular Hbond substituents is 1. The largest absolute Gasteiger partial charge is 0.508 e. The molecule has 0 aliphatic carbocycles. The number of thiophene rings is 1. The van der Waals surface area contributed by atoms with Crippen LogP contribution in [-0.2, 0) is 0 Å². The standard InChI is InChI=1S/C27H24FNO3S/c28-20-7-3-19(4-8-20)26(31)27-25(23-12-9-21(30)17-24(23)33-27)18-5-10-22(11-6-18)32-16-2-15-29-13-1-14-29/h3-12,17,30H,1-2,13-16H2. The fourth-order valence-corrected chi connectivity index (χ4v) is 5.29. The molecule has 6 heteroatoms. The molecule has 0 unspecified atom stereocenters. The summed E-state index contributed by atoms with van der Waals surface area (Å²) in [6.45, 7) is 4.13. The van der Waals surface area contributed by atoms with Gasteiger partial charge in [0.2, 0.25) is 5.78 Å². The molecule has 3 aromatic carbocycles. The topological polar surface area (TPSA) is 49.8 Å². The number of hydrogen-bond acceptors (Lipinski definition) is 5. The number of carbonyl (C=O) groups is 1. The fraction of sp³-hybridized carbons (Fsp3) is 0.222. The van der Waals surface area contributed by atoms with Crippen LogP contribution < -0.4 is 4.74 Å². The Hall–Kier alpha value is -3.22. The molecule has 0 amide bonds. The van der Waals surface area contributed by atoms with E-state index < -0.39 is 0 Å². The van der Waals surface area contributed by atoms with Crippen molar-refractivity contribution in [2.45, 2.75) is 12.8 Å². The van der Waals surface area contributed by atoms with E-state index in [0.717, 1.165) is 39.9 Å². The highest BCUT2D eigenvalue weighted by atomic mass is 32.1. The molecular weight excluding hydrogens is 437 g/mol. The summed E-state index contributed by atoms with van der Waals surface area (Å²) in [5, 5.41) is 10.8. The number of hydrogen-bond donors (Lipinski definition) is 1. The van der Waals surface area contributed by atoms with E-state index in [1.165, 1.54) is 55.1 Å². The summed E-state index contributed by atoms with van der Waals surface area (Å²) in [6, 6.07) is 18.5. The van der Waals surface area contributed by atoms with E-state index in [2.05, 4.69) is 4.90 Å². The predicted molar refractivity (Wildman–Crippen MR) is 130 cm³/mol. The Morgan fingerprint density at radius 3 is 2.48 bits per heavy atom. The van der Waals surface area contributed by atoms with Gasteiger partial charge in [0, 0.05) is 27.8 Å². The highest BCUT2D eigenvalue weighted by molar-refractivity contribution is 7.21. The first-order chi connectivity index (χ1) is 16.1. The Morgan fingerprint density at radius 1 is 1.03 bits per heavy atom. The monoisotopic (exact) mass is 461 g/mol. The summed E-state index contributed by atoms with van der Waals surface area (Å²) < 4.78 is 20.1. The predicted octanol–water partition coefficient (Wildman–Crippen LogP) is 6.12. The first-order valence-electron chi connectivity index (χ1n) is 11.1. The van der Waals surface area contributed by atoms with E-state index in [9.17, 15) is 14.3 Å². The molecule has 1 aliphatic heterocycles. The summed E-state index contributed by atoms with van der Waals surface area (Å²) >= 11 is 1.33. The first-order valence-corrected chi connectivity index (χ1v) is 11.9. The second-order valence-electron chi connectivity index (χ2n) is 8.24. The molecule has 1 N–H and O–H groups in total. The average Bonchev–Trinajstić information content (AvgIpc) is 3.16. The Balaban J connectivity index is 1.43. The summed E-state index contributed by atoms with van der Waals surface area (Å²) in [5.41, 5.74) is 2.13. The molecular formula is C27H24FNO3S. The summed E-state index contributed by atoms with van der Waals surface area (Å²) in [4.78, 5) is 16.3. The van der Waals surface area contributed by atoms with Gasteiger partial charge in [-0.15, -0.1) is 11.3 Å². The van der Waals surface area contributed by atoms with Gasteiger partial charge in [0.1, 0.15) is 17.3 Å². The molecule has 2 heterocycles. The molecule has 33 heavy (non-hydrogen) atoms. The van der Waals surface area contributed by atoms with Crippen LogP contribution >= 0.6 is 11.3 Å². The van der Waals surface area contributed by atoms with Crippen molar-refractivity contribution in [3.63, 3.8) is 0 Å². The van der Waals surface area contributed by atoms with Crippen LogP contribution in [0, 0.1) is 5.82 Å². The Morgan fingerprint density at radius 2 is 1.79 bits per heavy atom. The Bertz CT molecular complexity index is 1280. The number of carbonyl (C=O) groups excluding carboxylic acids is 1. The van der Waals surface area contributed by atoms with Gasteiger partial charge >= 0.3 is 0 Å². The number of phenols is 1. The van der Waals surface area contributed by atoms with Crippen LogP contribution in [0.15, 0.2) is 66.7 Å². The number of fused-ring (bicyclic) bond motifs is 1. The van der Waals surface area contributed by atoms with Gasteiger partial charge in [-0.3, -0.25) is 4.79 Å². The van der Waals surface area contributed by atoms with Crippen LogP contribution in [0.25, 0.3) is 21.2 Å². The third-order valence-electron chi connectivity index (χ3n) is 5.97. The zero-order valence-electron chi connectivity index (χ0n) is 18.1. The number of nitrogens with zero attached hydrogens (tertiary/aromatic N) is 1. The minimum Gasteiger partial charge on any atom is -0.508 e. The number of aromatic hydroxyl groups is 1. The summed E-state index contributed by atoms with van der Waals surface area (Å²) in [5.74, 6) is 0.398. The number of ketones is 1. The molecule has 1 aromatic heterocycles. The van der Waals surface area contributed by atoms with Crippen LogP contribution in [0.1, 0.15) is 28.1 Å². The molecule has 168 valence electrons. The lowest BCUT2D eigenvalue weighted by atomic mass is 9.98. The highest BCUT2D eigenvalue weighted by Gasteiger charge is 2.21. The maximum Gasteiger partial charge on any atom is 0.203 e. The number of ether oxygens (including phenoxy) is 1. The second-order valence-corrected chi connectivity index (χ2v) is 9.30. The number of likely N-dealkylation sites (tertiary alicyclic amines) is 1. The van der Waals surface area contributed by atoms with E-state index in [4.69, 9.17) is 4.74 Å². The van der Waals surface area contributed by atoms with Crippen molar-refractivity contribution in [2.75, 3.05) is 26.2 Å². The lowest BCUT2D eigenvalue weighted by Crippen LogP contribution is -2.38. The van der Waals surface area contributed by atoms with Crippen molar-refractivity contribution in [1.82, 2.24) is 4.90 Å². The minimum absolute atomic E-state index is 0.151. The molecule has 0 atom stereocenters. The van der Waals surface area contributed by atoms with Crippen LogP contribution in [0.4, 0.5) is 4.39 Å². The maximum atomic E-state index is 13.4. The van der Waals surface area contributed by atoms with Gasteiger partial charge in [0.15, 0.2) is 0 Å². The molecule has 5 rings (SSSR count). The lowest BCUT2D eigenvalue weighted by Gasteiger charge is -2.30. The zero-order chi connectivity index (χ0) is 22.8. The van der Waals surface area contributed by atoms with E-state index in [1.807, 2.05) is 30.3 Å². The molecule has 0 saturated carbocycles. The van der Waals surface area contributed by atoms with Gasteiger partial charge in [-0.1, -0.05) is 12.1 Å². The van der Waals surface area contributed by atoms with Crippen molar-refractivity contribution in [1.29, 1.82) is 0 Å². The molecule has 1 fully saturated rings. The van der Waals surface area contributed by atoms with Crippen LogP contribution in [-0.4, -0.2) is 42.0 Å². The third kappa shape index (κ3) is 4.63. The summed E-state index contributed by atoms with van der Waals surface area (Å²) in [7, 11) is 0. The highest BCUT2D eigenvalue weighted by Crippen LogP contribution is 2.41. The van der Waals surface area contributed by atoms with E-state index in [1.54, 1.807) is 12.1 Å². The number of benzene rings is 3. The third-order valence-corrected chi connectivity index (χ3v) is 7.12. The minimum atomic E-state index is -0.381. The summed E-state index contributed by atoms with van der Waals surface area (Å²) in [6.07, 6.45) is 2.29. The molecule has 0 radical (unpaired) electrons. The van der Waals surface area contributed by atoms with Crippen molar-refractivity contribution in [3.8, 4) is 22.6 Å². The van der Waals surface area contributed by atoms with E-state index in [0.29, 0.717) is 17.0 Å². The quantitative estimate of drug-likeness (QED) is 0.254. The van der Waals surface area contributed by atoms with Crippen molar-refractivity contribution < 1.29 is 19.0 Å². The van der Waals surface area contributed by atoms with Gasteiger partial charge in [0.25, 0.3) is 0 Å². The molecule has 4 aromatic rings. The smallest absolute Gasteiger partial charge is 0.203 e. The van der Waals surface area contributed by atoms with E-state index >= 15 is 0 Å².